The van der Waals surface area contributed by atoms with Gasteiger partial charge >= 0.3 is 12.1 Å². The van der Waals surface area contributed by atoms with Crippen molar-refractivity contribution >= 4 is 23.9 Å². The highest BCUT2D eigenvalue weighted by Gasteiger charge is 2.49. The van der Waals surface area contributed by atoms with Crippen molar-refractivity contribution in [1.82, 2.24) is 15.5 Å². The van der Waals surface area contributed by atoms with E-state index in [2.05, 4.69) is 10.6 Å². The van der Waals surface area contributed by atoms with Gasteiger partial charge in [0.25, 0.3) is 0 Å². The third-order valence-electron chi connectivity index (χ3n) is 8.19. The number of ether oxygens (including phenoxy) is 2. The topological polar surface area (TPSA) is 114 Å². The number of benzene rings is 3. The molecule has 3 aromatic carbocycles. The summed E-state index contributed by atoms with van der Waals surface area (Å²) in [6, 6.07) is 26.2. The second kappa shape index (κ2) is 15.6. The van der Waals surface area contributed by atoms with Crippen molar-refractivity contribution in [2.24, 2.45) is 0 Å². The van der Waals surface area contributed by atoms with Gasteiger partial charge < -0.3 is 25.0 Å². The van der Waals surface area contributed by atoms with Crippen molar-refractivity contribution < 1.29 is 28.7 Å². The first-order chi connectivity index (χ1) is 22.0. The summed E-state index contributed by atoms with van der Waals surface area (Å²) in [5.41, 5.74) is 0.570. The molecule has 2 atom stereocenters. The Hall–Kier alpha value is -4.66. The molecule has 2 N–H and O–H groups in total. The van der Waals surface area contributed by atoms with Gasteiger partial charge in [-0.2, -0.15) is 0 Å². The smallest absolute Gasteiger partial charge is 0.408 e. The molecule has 0 aromatic heterocycles. The Morgan fingerprint density at radius 1 is 0.739 bits per heavy atom. The maximum Gasteiger partial charge on any atom is 0.408 e. The number of carbonyl (C=O) groups is 4. The summed E-state index contributed by atoms with van der Waals surface area (Å²) in [6.07, 6.45) is 2.02. The third kappa shape index (κ3) is 9.42. The standard InChI is InChI=1S/C37H45N3O6/c1-36(2,3)46-35(44)39-30(24-27-16-8-5-9-17-27)32(41)40(4)37(22-14-15-23-37)34(43)38-31(25-28-18-10-6-11-19-28)33(42)45-26-29-20-12-7-13-21-29/h5-13,16-21,30-31H,14-15,22-26H2,1-4H3,(H,38,43)(H,39,44)/t30-,31-/m0/s1. The zero-order chi connectivity index (χ0) is 33.2. The monoisotopic (exact) mass is 627 g/mol. The number of esters is 1. The zero-order valence-corrected chi connectivity index (χ0v) is 27.2. The van der Waals surface area contributed by atoms with E-state index in [9.17, 15) is 19.2 Å². The fourth-order valence-electron chi connectivity index (χ4n) is 5.78. The van der Waals surface area contributed by atoms with E-state index in [-0.39, 0.29) is 19.4 Å². The largest absolute Gasteiger partial charge is 0.459 e. The fraction of sp³-hybridized carbons (Fsp3) is 0.405. The van der Waals surface area contributed by atoms with Crippen molar-refractivity contribution in [3.8, 4) is 0 Å². The van der Waals surface area contributed by atoms with Gasteiger partial charge in [0, 0.05) is 19.9 Å². The van der Waals surface area contributed by atoms with Gasteiger partial charge in [-0.3, -0.25) is 9.59 Å². The molecule has 0 aliphatic heterocycles. The Labute approximate surface area is 271 Å². The molecule has 3 aromatic rings. The number of hydrogen-bond donors (Lipinski definition) is 2. The average Bonchev–Trinajstić information content (AvgIpc) is 3.54. The van der Waals surface area contributed by atoms with Crippen LogP contribution in [-0.4, -0.2) is 59.0 Å². The van der Waals surface area contributed by atoms with Gasteiger partial charge in [-0.25, -0.2) is 9.59 Å². The molecular formula is C37H45N3O6. The molecule has 1 fully saturated rings. The summed E-state index contributed by atoms with van der Waals surface area (Å²) in [6.45, 7) is 5.33. The molecule has 0 spiro atoms. The van der Waals surface area contributed by atoms with E-state index in [1.807, 2.05) is 91.0 Å². The predicted molar refractivity (Wildman–Crippen MR) is 176 cm³/mol. The first kappa shape index (κ1) is 34.2. The van der Waals surface area contributed by atoms with E-state index in [1.54, 1.807) is 27.8 Å². The molecule has 244 valence electrons. The Morgan fingerprint density at radius 2 is 1.22 bits per heavy atom. The Balaban J connectivity index is 1.56. The van der Waals surface area contributed by atoms with Crippen LogP contribution in [0.1, 0.15) is 63.1 Å². The third-order valence-corrected chi connectivity index (χ3v) is 8.19. The van der Waals surface area contributed by atoms with E-state index >= 15 is 0 Å². The molecule has 0 unspecified atom stereocenters. The lowest BCUT2D eigenvalue weighted by atomic mass is 9.91. The molecule has 1 aliphatic carbocycles. The molecule has 0 heterocycles. The number of nitrogens with one attached hydrogen (secondary N) is 2. The highest BCUT2D eigenvalue weighted by molar-refractivity contribution is 5.96. The van der Waals surface area contributed by atoms with Crippen molar-refractivity contribution in [1.29, 1.82) is 0 Å². The van der Waals surface area contributed by atoms with Crippen LogP contribution in [-0.2, 0) is 43.3 Å². The van der Waals surface area contributed by atoms with E-state index in [0.717, 1.165) is 29.5 Å². The number of likely N-dealkylation sites (N-methyl/N-ethyl adjacent to an activating group) is 1. The van der Waals surface area contributed by atoms with Crippen LogP contribution in [0.15, 0.2) is 91.0 Å². The van der Waals surface area contributed by atoms with Crippen LogP contribution in [0.5, 0.6) is 0 Å². The Kier molecular flexibility index (Phi) is 11.6. The molecule has 1 saturated carbocycles. The van der Waals surface area contributed by atoms with E-state index in [4.69, 9.17) is 9.47 Å². The molecule has 46 heavy (non-hydrogen) atoms. The second-order valence-corrected chi connectivity index (χ2v) is 12.8. The minimum atomic E-state index is -1.21. The van der Waals surface area contributed by atoms with E-state index in [1.165, 1.54) is 4.90 Å². The summed E-state index contributed by atoms with van der Waals surface area (Å²) < 4.78 is 11.1. The van der Waals surface area contributed by atoms with Gasteiger partial charge in [-0.1, -0.05) is 104 Å². The maximum atomic E-state index is 14.3. The molecular weight excluding hydrogens is 582 g/mol. The highest BCUT2D eigenvalue weighted by Crippen LogP contribution is 2.36. The molecule has 0 radical (unpaired) electrons. The van der Waals surface area contributed by atoms with E-state index < -0.39 is 47.1 Å². The lowest BCUT2D eigenvalue weighted by Crippen LogP contribution is -2.63. The Morgan fingerprint density at radius 3 is 1.72 bits per heavy atom. The lowest BCUT2D eigenvalue weighted by Gasteiger charge is -2.40. The van der Waals surface area contributed by atoms with Crippen LogP contribution >= 0.6 is 0 Å². The SMILES string of the molecule is CN(C(=O)[C@H](Cc1ccccc1)NC(=O)OC(C)(C)C)C1(C(=O)N[C@@H](Cc2ccccc2)C(=O)OCc2ccccc2)CCCC1. The van der Waals surface area contributed by atoms with Crippen molar-refractivity contribution in [3.05, 3.63) is 108 Å². The molecule has 1 aliphatic rings. The minimum Gasteiger partial charge on any atom is -0.459 e. The van der Waals surface area contributed by atoms with Gasteiger partial charge in [-0.15, -0.1) is 0 Å². The number of alkyl carbamates (subject to hydrolysis) is 1. The van der Waals surface area contributed by atoms with Gasteiger partial charge in [-0.05, 0) is 50.3 Å². The summed E-state index contributed by atoms with van der Waals surface area (Å²) in [4.78, 5) is 56.2. The molecule has 0 bridgehead atoms. The zero-order valence-electron chi connectivity index (χ0n) is 27.2. The number of amides is 3. The fourth-order valence-corrected chi connectivity index (χ4v) is 5.78. The first-order valence-corrected chi connectivity index (χ1v) is 15.8. The van der Waals surface area contributed by atoms with Gasteiger partial charge in [0.2, 0.25) is 11.8 Å². The van der Waals surface area contributed by atoms with Crippen molar-refractivity contribution in [3.63, 3.8) is 0 Å². The van der Waals surface area contributed by atoms with Gasteiger partial charge in [0.05, 0.1) is 0 Å². The van der Waals surface area contributed by atoms with Crippen LogP contribution < -0.4 is 10.6 Å². The van der Waals surface area contributed by atoms with Crippen LogP contribution in [0.3, 0.4) is 0 Å². The molecule has 4 rings (SSSR count). The molecule has 0 saturated heterocycles. The summed E-state index contributed by atoms with van der Waals surface area (Å²) in [5, 5.41) is 5.71. The van der Waals surface area contributed by atoms with Crippen LogP contribution in [0.2, 0.25) is 0 Å². The van der Waals surface area contributed by atoms with Gasteiger partial charge in [0.1, 0.15) is 29.8 Å². The number of carbonyl (C=O) groups excluding carboxylic acids is 4. The minimum absolute atomic E-state index is 0.0713. The van der Waals surface area contributed by atoms with Crippen molar-refractivity contribution in [2.75, 3.05) is 7.05 Å². The van der Waals surface area contributed by atoms with E-state index in [0.29, 0.717) is 12.8 Å². The molecule has 9 nitrogen and oxygen atoms in total. The number of nitrogens with zero attached hydrogens (tertiary/aromatic N) is 1. The van der Waals surface area contributed by atoms with Crippen LogP contribution in [0.25, 0.3) is 0 Å². The van der Waals surface area contributed by atoms with Crippen LogP contribution in [0, 0.1) is 0 Å². The first-order valence-electron chi connectivity index (χ1n) is 15.8. The van der Waals surface area contributed by atoms with Crippen LogP contribution in [0.4, 0.5) is 4.79 Å². The maximum absolute atomic E-state index is 14.3. The number of rotatable bonds is 12. The summed E-state index contributed by atoms with van der Waals surface area (Å²) in [7, 11) is 1.60. The molecule has 3 amide bonds. The number of hydrogen-bond acceptors (Lipinski definition) is 6. The Bertz CT molecular complexity index is 1450. The quantitative estimate of drug-likeness (QED) is 0.261. The normalized spacial score (nSPS) is 15.2. The molecule has 9 heteroatoms. The van der Waals surface area contributed by atoms with Crippen molar-refractivity contribution in [2.45, 2.75) is 89.1 Å². The average molecular weight is 628 g/mol. The second-order valence-electron chi connectivity index (χ2n) is 12.8. The summed E-state index contributed by atoms with van der Waals surface area (Å²) in [5.74, 6) is -1.40. The summed E-state index contributed by atoms with van der Waals surface area (Å²) >= 11 is 0. The predicted octanol–water partition coefficient (Wildman–Crippen LogP) is 5.36. The lowest BCUT2D eigenvalue weighted by molar-refractivity contribution is -0.152. The van der Waals surface area contributed by atoms with Gasteiger partial charge in [0.15, 0.2) is 0 Å². The highest BCUT2D eigenvalue weighted by atomic mass is 16.6.